The van der Waals surface area contributed by atoms with Crippen LogP contribution in [0.1, 0.15) is 15.9 Å². The molecular weight excluding hydrogens is 222 g/mol. The van der Waals surface area contributed by atoms with Crippen molar-refractivity contribution >= 4 is 22.9 Å². The molecule has 0 unspecified atom stereocenters. The normalized spacial score (nSPS) is 10.1. The fraction of sp³-hybridized carbons (Fsp3) is 0.0833. The molecule has 0 spiro atoms. The molecule has 82 valence electrons. The van der Waals surface area contributed by atoms with E-state index in [1.807, 2.05) is 18.4 Å². The van der Waals surface area contributed by atoms with Gasteiger partial charge in [-0.25, -0.2) is 0 Å². The first-order chi connectivity index (χ1) is 7.66. The Labute approximate surface area is 97.4 Å². The van der Waals surface area contributed by atoms with E-state index in [2.05, 4.69) is 5.32 Å². The van der Waals surface area contributed by atoms with Crippen LogP contribution in [0.3, 0.4) is 0 Å². The van der Waals surface area contributed by atoms with E-state index in [4.69, 9.17) is 0 Å². The van der Waals surface area contributed by atoms with E-state index in [9.17, 15) is 9.90 Å². The van der Waals surface area contributed by atoms with E-state index in [1.165, 1.54) is 11.3 Å². The van der Waals surface area contributed by atoms with Crippen molar-refractivity contribution in [2.45, 2.75) is 6.92 Å². The number of phenolic OH excluding ortho intramolecular Hbond substituents is 1. The van der Waals surface area contributed by atoms with Crippen molar-refractivity contribution in [2.24, 2.45) is 0 Å². The zero-order chi connectivity index (χ0) is 11.5. The number of phenols is 1. The number of rotatable bonds is 2. The highest BCUT2D eigenvalue weighted by atomic mass is 32.1. The van der Waals surface area contributed by atoms with Crippen LogP contribution in [0.25, 0.3) is 0 Å². The largest absolute Gasteiger partial charge is 0.506 e. The quantitative estimate of drug-likeness (QED) is 0.783. The molecule has 2 aromatic rings. The number of thiophene rings is 1. The Morgan fingerprint density at radius 2 is 2.19 bits per heavy atom. The third kappa shape index (κ3) is 2.23. The number of hydrogen-bond acceptors (Lipinski definition) is 3. The first kappa shape index (κ1) is 10.7. The van der Waals surface area contributed by atoms with Crippen molar-refractivity contribution in [3.05, 3.63) is 46.2 Å². The molecular formula is C12H11NO2S. The van der Waals surface area contributed by atoms with Crippen LogP contribution in [0, 0.1) is 6.92 Å². The van der Waals surface area contributed by atoms with Crippen LogP contribution in [0.15, 0.2) is 35.0 Å². The summed E-state index contributed by atoms with van der Waals surface area (Å²) in [6, 6.07) is 6.88. The van der Waals surface area contributed by atoms with Gasteiger partial charge in [0.15, 0.2) is 0 Å². The van der Waals surface area contributed by atoms with Crippen LogP contribution in [0.5, 0.6) is 5.75 Å². The van der Waals surface area contributed by atoms with Gasteiger partial charge in [-0.1, -0.05) is 6.07 Å². The molecule has 0 saturated heterocycles. The summed E-state index contributed by atoms with van der Waals surface area (Å²) in [6.07, 6.45) is 0. The molecule has 2 rings (SSSR count). The summed E-state index contributed by atoms with van der Waals surface area (Å²) in [4.78, 5) is 11.7. The fourth-order valence-electron chi connectivity index (χ4n) is 1.34. The lowest BCUT2D eigenvalue weighted by atomic mass is 10.2. The van der Waals surface area contributed by atoms with Gasteiger partial charge in [0.05, 0.1) is 11.3 Å². The molecule has 0 fully saturated rings. The van der Waals surface area contributed by atoms with Gasteiger partial charge in [-0.2, -0.15) is 11.3 Å². The van der Waals surface area contributed by atoms with Gasteiger partial charge in [0.25, 0.3) is 5.91 Å². The SMILES string of the molecule is Cc1ccc(NC(=O)c2ccsc2)c(O)c1. The number of aryl methyl sites for hydroxylation is 1. The molecule has 0 saturated carbocycles. The molecule has 0 aliphatic heterocycles. The van der Waals surface area contributed by atoms with E-state index < -0.39 is 0 Å². The van der Waals surface area contributed by atoms with Crippen LogP contribution in [0.4, 0.5) is 5.69 Å². The Bertz CT molecular complexity index is 506. The smallest absolute Gasteiger partial charge is 0.256 e. The first-order valence-electron chi connectivity index (χ1n) is 4.80. The van der Waals surface area contributed by atoms with Crippen LogP contribution >= 0.6 is 11.3 Å². The number of carbonyl (C=O) groups excluding carboxylic acids is 1. The molecule has 0 aliphatic rings. The monoisotopic (exact) mass is 233 g/mol. The second-order valence-electron chi connectivity index (χ2n) is 3.49. The van der Waals surface area contributed by atoms with E-state index in [1.54, 1.807) is 23.6 Å². The molecule has 0 atom stereocenters. The first-order valence-corrected chi connectivity index (χ1v) is 5.74. The summed E-state index contributed by atoms with van der Waals surface area (Å²) >= 11 is 1.46. The second-order valence-corrected chi connectivity index (χ2v) is 4.27. The fourth-order valence-corrected chi connectivity index (χ4v) is 1.97. The maximum Gasteiger partial charge on any atom is 0.256 e. The maximum atomic E-state index is 11.7. The summed E-state index contributed by atoms with van der Waals surface area (Å²) < 4.78 is 0. The predicted molar refractivity (Wildman–Crippen MR) is 65.1 cm³/mol. The lowest BCUT2D eigenvalue weighted by Crippen LogP contribution is -2.10. The average molecular weight is 233 g/mol. The molecule has 0 radical (unpaired) electrons. The minimum atomic E-state index is -0.208. The Kier molecular flexibility index (Phi) is 2.92. The number of amides is 1. The van der Waals surface area contributed by atoms with Gasteiger partial charge in [0.1, 0.15) is 5.75 Å². The van der Waals surface area contributed by atoms with E-state index in [0.29, 0.717) is 11.3 Å². The Balaban J connectivity index is 2.18. The van der Waals surface area contributed by atoms with Gasteiger partial charge in [0.2, 0.25) is 0 Å². The van der Waals surface area contributed by atoms with Crippen molar-refractivity contribution in [1.29, 1.82) is 0 Å². The molecule has 16 heavy (non-hydrogen) atoms. The lowest BCUT2D eigenvalue weighted by molar-refractivity contribution is 0.102. The molecule has 1 aromatic carbocycles. The highest BCUT2D eigenvalue weighted by molar-refractivity contribution is 7.08. The Hall–Kier alpha value is -1.81. The van der Waals surface area contributed by atoms with Crippen LogP contribution in [-0.4, -0.2) is 11.0 Å². The van der Waals surface area contributed by atoms with Crippen molar-refractivity contribution in [2.75, 3.05) is 5.32 Å². The van der Waals surface area contributed by atoms with Crippen LogP contribution in [-0.2, 0) is 0 Å². The van der Waals surface area contributed by atoms with E-state index in [-0.39, 0.29) is 11.7 Å². The van der Waals surface area contributed by atoms with Crippen molar-refractivity contribution < 1.29 is 9.90 Å². The van der Waals surface area contributed by atoms with Gasteiger partial charge in [-0.15, -0.1) is 0 Å². The van der Waals surface area contributed by atoms with Gasteiger partial charge in [0, 0.05) is 5.38 Å². The second kappa shape index (κ2) is 4.37. The number of carbonyl (C=O) groups is 1. The lowest BCUT2D eigenvalue weighted by Gasteiger charge is -2.06. The van der Waals surface area contributed by atoms with Gasteiger partial charge >= 0.3 is 0 Å². The zero-order valence-electron chi connectivity index (χ0n) is 8.73. The highest BCUT2D eigenvalue weighted by Crippen LogP contribution is 2.24. The van der Waals surface area contributed by atoms with Crippen LogP contribution in [0.2, 0.25) is 0 Å². The maximum absolute atomic E-state index is 11.7. The van der Waals surface area contributed by atoms with Gasteiger partial charge < -0.3 is 10.4 Å². The Morgan fingerprint density at radius 1 is 1.38 bits per heavy atom. The topological polar surface area (TPSA) is 49.3 Å². The summed E-state index contributed by atoms with van der Waals surface area (Å²) in [7, 11) is 0. The molecule has 0 bridgehead atoms. The number of nitrogens with one attached hydrogen (secondary N) is 1. The molecule has 4 heteroatoms. The molecule has 3 nitrogen and oxygen atoms in total. The van der Waals surface area contributed by atoms with E-state index in [0.717, 1.165) is 5.56 Å². The summed E-state index contributed by atoms with van der Waals surface area (Å²) in [6.45, 7) is 1.88. The number of anilines is 1. The summed E-state index contributed by atoms with van der Waals surface area (Å²) in [5, 5.41) is 15.9. The minimum absolute atomic E-state index is 0.0866. The average Bonchev–Trinajstić information content (AvgIpc) is 2.75. The molecule has 1 heterocycles. The van der Waals surface area contributed by atoms with Gasteiger partial charge in [-0.05, 0) is 36.1 Å². The zero-order valence-corrected chi connectivity index (χ0v) is 9.54. The van der Waals surface area contributed by atoms with Crippen molar-refractivity contribution in [1.82, 2.24) is 0 Å². The number of aromatic hydroxyl groups is 1. The molecule has 2 N–H and O–H groups in total. The Morgan fingerprint density at radius 3 is 2.81 bits per heavy atom. The molecule has 1 aromatic heterocycles. The highest BCUT2D eigenvalue weighted by Gasteiger charge is 2.08. The third-order valence-electron chi connectivity index (χ3n) is 2.18. The minimum Gasteiger partial charge on any atom is -0.506 e. The van der Waals surface area contributed by atoms with Crippen molar-refractivity contribution in [3.63, 3.8) is 0 Å². The summed E-state index contributed by atoms with van der Waals surface area (Å²) in [5.41, 5.74) is 1.98. The van der Waals surface area contributed by atoms with Crippen molar-refractivity contribution in [3.8, 4) is 5.75 Å². The molecule has 1 amide bonds. The van der Waals surface area contributed by atoms with Gasteiger partial charge in [-0.3, -0.25) is 4.79 Å². The number of hydrogen-bond donors (Lipinski definition) is 2. The summed E-state index contributed by atoms with van der Waals surface area (Å²) in [5.74, 6) is -0.121. The predicted octanol–water partition coefficient (Wildman–Crippen LogP) is 3.01. The van der Waals surface area contributed by atoms with Crippen LogP contribution < -0.4 is 5.32 Å². The molecule has 0 aliphatic carbocycles. The van der Waals surface area contributed by atoms with E-state index >= 15 is 0 Å². The number of benzene rings is 1. The third-order valence-corrected chi connectivity index (χ3v) is 2.87. The standard InChI is InChI=1S/C12H11NO2S/c1-8-2-3-10(11(14)6-8)13-12(15)9-4-5-16-7-9/h2-7,14H,1H3,(H,13,15).